The molecule has 4 nitrogen and oxygen atoms in total. The van der Waals surface area contributed by atoms with Crippen molar-refractivity contribution < 1.29 is 4.74 Å². The Hall–Kier alpha value is -2.04. The summed E-state index contributed by atoms with van der Waals surface area (Å²) in [6, 6.07) is 12.4. The van der Waals surface area contributed by atoms with E-state index < -0.39 is 0 Å². The number of nitrogen functional groups attached to an aromatic ring is 1. The van der Waals surface area contributed by atoms with Gasteiger partial charge in [-0.15, -0.1) is 0 Å². The van der Waals surface area contributed by atoms with Gasteiger partial charge >= 0.3 is 0 Å². The molecule has 0 saturated carbocycles. The number of nitrogens with two attached hydrogens (primary N) is 1. The second-order valence-electron chi connectivity index (χ2n) is 4.10. The Morgan fingerprint density at radius 2 is 1.80 bits per heavy atom. The number of hydrogen-bond acceptors (Lipinski definition) is 4. The van der Waals surface area contributed by atoms with Gasteiger partial charge in [-0.2, -0.15) is 4.98 Å². The molecule has 1 heterocycles. The van der Waals surface area contributed by atoms with Crippen LogP contribution in [0.2, 0.25) is 10.3 Å². The van der Waals surface area contributed by atoms with E-state index in [4.69, 9.17) is 33.7 Å². The minimum absolute atomic E-state index is 0.117. The van der Waals surface area contributed by atoms with Crippen LogP contribution in [0.4, 0.5) is 5.69 Å². The maximum atomic E-state index is 5.90. The van der Waals surface area contributed by atoms with Crippen molar-refractivity contribution in [3.63, 3.8) is 0 Å². The van der Waals surface area contributed by atoms with Gasteiger partial charge in [-0.1, -0.05) is 23.7 Å². The Balaban J connectivity index is 2.10. The van der Waals surface area contributed by atoms with Crippen LogP contribution in [0, 0.1) is 0 Å². The van der Waals surface area contributed by atoms with Gasteiger partial charge < -0.3 is 10.5 Å². The lowest BCUT2D eigenvalue weighted by atomic mass is 10.2. The molecule has 0 aliphatic rings. The Bertz CT molecular complexity index is 792. The summed E-state index contributed by atoms with van der Waals surface area (Å²) in [7, 11) is 0. The number of rotatable bonds is 2. The zero-order valence-electron chi connectivity index (χ0n) is 10.2. The fraction of sp³-hybridized carbons (Fsp3) is 0. The summed E-state index contributed by atoms with van der Waals surface area (Å²) in [5, 5.41) is 1.41. The van der Waals surface area contributed by atoms with Crippen LogP contribution in [0.5, 0.6) is 11.6 Å². The number of halogens is 2. The van der Waals surface area contributed by atoms with Crippen LogP contribution in [-0.4, -0.2) is 9.97 Å². The van der Waals surface area contributed by atoms with Crippen LogP contribution in [0.25, 0.3) is 10.9 Å². The summed E-state index contributed by atoms with van der Waals surface area (Å²) in [4.78, 5) is 8.24. The summed E-state index contributed by atoms with van der Waals surface area (Å²) in [5.74, 6) is 0.823. The van der Waals surface area contributed by atoms with Crippen molar-refractivity contribution in [3.05, 3.63) is 52.8 Å². The standard InChI is InChI=1S/C14H9Cl2N3O/c15-8-5-6-12(10(17)7-8)20-13-9-3-1-2-4-11(9)18-14(16)19-13/h1-7H,17H2. The number of para-hydroxylation sites is 1. The summed E-state index contributed by atoms with van der Waals surface area (Å²) >= 11 is 11.8. The van der Waals surface area contributed by atoms with Crippen molar-refractivity contribution in [3.8, 4) is 11.6 Å². The zero-order valence-corrected chi connectivity index (χ0v) is 11.7. The molecule has 3 rings (SSSR count). The van der Waals surface area contributed by atoms with Crippen LogP contribution in [0.3, 0.4) is 0 Å². The normalized spacial score (nSPS) is 10.7. The molecular formula is C14H9Cl2N3O. The first-order chi connectivity index (χ1) is 9.63. The third-order valence-corrected chi connectivity index (χ3v) is 3.12. The summed E-state index contributed by atoms with van der Waals surface area (Å²) in [6.45, 7) is 0. The molecule has 0 aliphatic carbocycles. The molecule has 100 valence electrons. The predicted molar refractivity (Wildman–Crippen MR) is 80.5 cm³/mol. The number of benzene rings is 2. The molecule has 0 spiro atoms. The fourth-order valence-corrected chi connectivity index (χ4v) is 2.16. The van der Waals surface area contributed by atoms with Crippen LogP contribution < -0.4 is 10.5 Å². The second-order valence-corrected chi connectivity index (χ2v) is 4.87. The van der Waals surface area contributed by atoms with E-state index in [2.05, 4.69) is 9.97 Å². The van der Waals surface area contributed by atoms with Gasteiger partial charge in [0.05, 0.1) is 16.6 Å². The van der Waals surface area contributed by atoms with Crippen molar-refractivity contribution in [1.29, 1.82) is 0 Å². The molecule has 6 heteroatoms. The fourth-order valence-electron chi connectivity index (χ4n) is 1.81. The first-order valence-corrected chi connectivity index (χ1v) is 6.54. The molecule has 2 aromatic carbocycles. The van der Waals surface area contributed by atoms with E-state index in [-0.39, 0.29) is 5.28 Å². The number of fused-ring (bicyclic) bond motifs is 1. The molecule has 0 bridgehead atoms. The summed E-state index contributed by atoms with van der Waals surface area (Å²) in [6.07, 6.45) is 0. The Morgan fingerprint density at radius 1 is 1.00 bits per heavy atom. The topological polar surface area (TPSA) is 61.0 Å². The van der Waals surface area contributed by atoms with Gasteiger partial charge in [0.25, 0.3) is 0 Å². The molecular weight excluding hydrogens is 297 g/mol. The van der Waals surface area contributed by atoms with Crippen LogP contribution in [0.1, 0.15) is 0 Å². The third-order valence-electron chi connectivity index (χ3n) is 2.72. The van der Waals surface area contributed by atoms with Crippen molar-refractivity contribution >= 4 is 39.8 Å². The van der Waals surface area contributed by atoms with E-state index in [9.17, 15) is 0 Å². The maximum Gasteiger partial charge on any atom is 0.231 e. The minimum Gasteiger partial charge on any atom is -0.436 e. The van der Waals surface area contributed by atoms with E-state index >= 15 is 0 Å². The molecule has 0 aliphatic heterocycles. The highest BCUT2D eigenvalue weighted by atomic mass is 35.5. The lowest BCUT2D eigenvalue weighted by Gasteiger charge is -2.10. The third kappa shape index (κ3) is 2.48. The first-order valence-electron chi connectivity index (χ1n) is 5.78. The number of anilines is 1. The minimum atomic E-state index is 0.117. The molecule has 0 unspecified atom stereocenters. The van der Waals surface area contributed by atoms with Gasteiger partial charge in [0.1, 0.15) is 0 Å². The van der Waals surface area contributed by atoms with E-state index in [1.165, 1.54) is 0 Å². The number of nitrogens with zero attached hydrogens (tertiary/aromatic N) is 2. The quantitative estimate of drug-likeness (QED) is 0.566. The number of aromatic nitrogens is 2. The van der Waals surface area contributed by atoms with Crippen molar-refractivity contribution in [2.75, 3.05) is 5.73 Å². The summed E-state index contributed by atoms with van der Waals surface area (Å²) in [5.41, 5.74) is 7.00. The molecule has 0 amide bonds. The lowest BCUT2D eigenvalue weighted by molar-refractivity contribution is 0.470. The van der Waals surface area contributed by atoms with Crippen molar-refractivity contribution in [2.45, 2.75) is 0 Å². The summed E-state index contributed by atoms with van der Waals surface area (Å²) < 4.78 is 5.74. The Morgan fingerprint density at radius 3 is 2.60 bits per heavy atom. The predicted octanol–water partition coefficient (Wildman–Crippen LogP) is 4.31. The molecule has 1 aromatic heterocycles. The number of hydrogen-bond donors (Lipinski definition) is 1. The highest BCUT2D eigenvalue weighted by Gasteiger charge is 2.10. The monoisotopic (exact) mass is 305 g/mol. The van der Waals surface area contributed by atoms with Gasteiger partial charge in [-0.3, -0.25) is 0 Å². The Kier molecular flexibility index (Phi) is 3.34. The average Bonchev–Trinajstić information content (AvgIpc) is 2.41. The Labute approximate surface area is 125 Å². The van der Waals surface area contributed by atoms with E-state index in [1.807, 2.05) is 24.3 Å². The SMILES string of the molecule is Nc1cc(Cl)ccc1Oc1nc(Cl)nc2ccccc12. The van der Waals surface area contributed by atoms with E-state index in [0.29, 0.717) is 27.9 Å². The average molecular weight is 306 g/mol. The molecule has 0 saturated heterocycles. The van der Waals surface area contributed by atoms with E-state index in [1.54, 1.807) is 18.2 Å². The smallest absolute Gasteiger partial charge is 0.231 e. The van der Waals surface area contributed by atoms with Gasteiger partial charge in [-0.05, 0) is 41.9 Å². The lowest BCUT2D eigenvalue weighted by Crippen LogP contribution is -1.96. The van der Waals surface area contributed by atoms with Crippen molar-refractivity contribution in [2.24, 2.45) is 0 Å². The van der Waals surface area contributed by atoms with Crippen LogP contribution in [0.15, 0.2) is 42.5 Å². The van der Waals surface area contributed by atoms with Gasteiger partial charge in [0, 0.05) is 5.02 Å². The van der Waals surface area contributed by atoms with Gasteiger partial charge in [-0.25, -0.2) is 4.98 Å². The molecule has 3 aromatic rings. The molecule has 0 atom stereocenters. The highest BCUT2D eigenvalue weighted by Crippen LogP contribution is 2.32. The van der Waals surface area contributed by atoms with Gasteiger partial charge in [0.15, 0.2) is 5.75 Å². The maximum absolute atomic E-state index is 5.90. The zero-order chi connectivity index (χ0) is 14.1. The largest absolute Gasteiger partial charge is 0.436 e. The first kappa shape index (κ1) is 13.0. The molecule has 2 N–H and O–H groups in total. The van der Waals surface area contributed by atoms with Crippen molar-refractivity contribution in [1.82, 2.24) is 9.97 Å². The highest BCUT2D eigenvalue weighted by molar-refractivity contribution is 6.31. The van der Waals surface area contributed by atoms with Crippen LogP contribution >= 0.6 is 23.2 Å². The molecule has 0 radical (unpaired) electrons. The van der Waals surface area contributed by atoms with E-state index in [0.717, 1.165) is 5.39 Å². The van der Waals surface area contributed by atoms with Crippen LogP contribution in [-0.2, 0) is 0 Å². The van der Waals surface area contributed by atoms with Gasteiger partial charge in [0.2, 0.25) is 11.2 Å². The number of ether oxygens (including phenoxy) is 1. The molecule has 0 fully saturated rings. The second kappa shape index (κ2) is 5.15. The molecule has 20 heavy (non-hydrogen) atoms.